The van der Waals surface area contributed by atoms with E-state index in [9.17, 15) is 0 Å². The second-order valence-electron chi connectivity index (χ2n) is 4.10. The predicted molar refractivity (Wildman–Crippen MR) is 59.0 cm³/mol. The standard InChI is InChI=1S/C12H14N2O/c1-2-6-9(5-1)15-12-10-7-3-4-8-11(10)13-14-12/h3-4,7-9H,1-2,5-6H2,(H,13,14). The summed E-state index contributed by atoms with van der Waals surface area (Å²) >= 11 is 0. The van der Waals surface area contributed by atoms with Crippen LogP contribution >= 0.6 is 0 Å². The van der Waals surface area contributed by atoms with Crippen molar-refractivity contribution < 1.29 is 4.74 Å². The van der Waals surface area contributed by atoms with E-state index >= 15 is 0 Å². The molecule has 78 valence electrons. The van der Waals surface area contributed by atoms with Gasteiger partial charge in [-0.3, -0.25) is 5.10 Å². The number of nitrogens with one attached hydrogen (secondary N) is 1. The molecule has 0 aliphatic heterocycles. The van der Waals surface area contributed by atoms with Crippen LogP contribution in [0.4, 0.5) is 0 Å². The fraction of sp³-hybridized carbons (Fsp3) is 0.417. The highest BCUT2D eigenvalue weighted by molar-refractivity contribution is 5.83. The summed E-state index contributed by atoms with van der Waals surface area (Å²) in [7, 11) is 0. The van der Waals surface area contributed by atoms with Crippen LogP contribution in [-0.4, -0.2) is 16.3 Å². The molecular weight excluding hydrogens is 188 g/mol. The number of nitrogens with zero attached hydrogens (tertiary/aromatic N) is 1. The van der Waals surface area contributed by atoms with Gasteiger partial charge in [0.25, 0.3) is 0 Å². The summed E-state index contributed by atoms with van der Waals surface area (Å²) in [4.78, 5) is 0. The van der Waals surface area contributed by atoms with Gasteiger partial charge in [0.15, 0.2) is 0 Å². The van der Waals surface area contributed by atoms with Crippen LogP contribution in [0.25, 0.3) is 10.9 Å². The maximum Gasteiger partial charge on any atom is 0.240 e. The maximum atomic E-state index is 5.89. The van der Waals surface area contributed by atoms with E-state index in [-0.39, 0.29) is 0 Å². The third-order valence-corrected chi connectivity index (χ3v) is 3.02. The van der Waals surface area contributed by atoms with Gasteiger partial charge in [0.2, 0.25) is 5.88 Å². The molecule has 0 unspecified atom stereocenters. The third-order valence-electron chi connectivity index (χ3n) is 3.02. The first-order chi connectivity index (χ1) is 7.43. The van der Waals surface area contributed by atoms with Gasteiger partial charge in [-0.2, -0.15) is 0 Å². The molecule has 3 rings (SSSR count). The first-order valence-corrected chi connectivity index (χ1v) is 5.53. The number of fused-ring (bicyclic) bond motifs is 1. The number of ether oxygens (including phenoxy) is 1. The summed E-state index contributed by atoms with van der Waals surface area (Å²) in [5.74, 6) is 0.762. The van der Waals surface area contributed by atoms with Crippen molar-refractivity contribution in [2.45, 2.75) is 31.8 Å². The van der Waals surface area contributed by atoms with Crippen LogP contribution < -0.4 is 4.74 Å². The van der Waals surface area contributed by atoms with E-state index in [0.717, 1.165) is 16.8 Å². The van der Waals surface area contributed by atoms with Gasteiger partial charge in [-0.1, -0.05) is 12.1 Å². The Morgan fingerprint density at radius 2 is 2.00 bits per heavy atom. The Bertz CT molecular complexity index is 457. The molecule has 1 aliphatic carbocycles. The van der Waals surface area contributed by atoms with Gasteiger partial charge in [0, 0.05) is 0 Å². The highest BCUT2D eigenvalue weighted by Crippen LogP contribution is 2.27. The van der Waals surface area contributed by atoms with Crippen molar-refractivity contribution in [1.82, 2.24) is 10.2 Å². The average Bonchev–Trinajstić information content (AvgIpc) is 2.89. The van der Waals surface area contributed by atoms with E-state index < -0.39 is 0 Å². The minimum atomic E-state index is 0.372. The summed E-state index contributed by atoms with van der Waals surface area (Å²) < 4.78 is 5.89. The van der Waals surface area contributed by atoms with Crippen LogP contribution in [0.1, 0.15) is 25.7 Å². The molecule has 0 amide bonds. The van der Waals surface area contributed by atoms with Crippen molar-refractivity contribution >= 4 is 10.9 Å². The van der Waals surface area contributed by atoms with Crippen LogP contribution in [0.5, 0.6) is 5.88 Å². The largest absolute Gasteiger partial charge is 0.473 e. The number of aromatic amines is 1. The SMILES string of the molecule is c1ccc2c(OC3CCCC3)n[nH]c2c1. The Labute approximate surface area is 88.4 Å². The lowest BCUT2D eigenvalue weighted by atomic mass is 10.2. The van der Waals surface area contributed by atoms with Gasteiger partial charge >= 0.3 is 0 Å². The minimum absolute atomic E-state index is 0.372. The van der Waals surface area contributed by atoms with Crippen LogP contribution in [-0.2, 0) is 0 Å². The van der Waals surface area contributed by atoms with Gasteiger partial charge in [0.1, 0.15) is 6.10 Å². The summed E-state index contributed by atoms with van der Waals surface area (Å²) in [6.45, 7) is 0. The predicted octanol–water partition coefficient (Wildman–Crippen LogP) is 2.88. The zero-order valence-electron chi connectivity index (χ0n) is 8.57. The number of benzene rings is 1. The topological polar surface area (TPSA) is 37.9 Å². The first kappa shape index (κ1) is 8.77. The zero-order valence-corrected chi connectivity index (χ0v) is 8.57. The van der Waals surface area contributed by atoms with Crippen LogP contribution in [0.3, 0.4) is 0 Å². The number of hydrogen-bond donors (Lipinski definition) is 1. The highest BCUT2D eigenvalue weighted by Gasteiger charge is 2.18. The number of para-hydroxylation sites is 1. The summed E-state index contributed by atoms with van der Waals surface area (Å²) in [5, 5.41) is 8.29. The van der Waals surface area contributed by atoms with Crippen LogP contribution in [0, 0.1) is 0 Å². The normalized spacial score (nSPS) is 17.3. The van der Waals surface area contributed by atoms with E-state index in [1.165, 1.54) is 25.7 Å². The molecule has 3 nitrogen and oxygen atoms in total. The molecule has 15 heavy (non-hydrogen) atoms. The van der Waals surface area contributed by atoms with Gasteiger partial charge in [-0.05, 0) is 37.8 Å². The number of rotatable bonds is 2. The molecule has 1 N–H and O–H groups in total. The molecule has 1 aromatic heterocycles. The molecule has 1 aliphatic rings. The number of hydrogen-bond acceptors (Lipinski definition) is 2. The highest BCUT2D eigenvalue weighted by atomic mass is 16.5. The van der Waals surface area contributed by atoms with E-state index in [1.807, 2.05) is 24.3 Å². The molecule has 2 aromatic rings. The fourth-order valence-electron chi connectivity index (χ4n) is 2.19. The van der Waals surface area contributed by atoms with Gasteiger partial charge in [-0.25, -0.2) is 0 Å². The lowest BCUT2D eigenvalue weighted by Gasteiger charge is -2.09. The van der Waals surface area contributed by atoms with E-state index in [2.05, 4.69) is 10.2 Å². The van der Waals surface area contributed by atoms with Crippen LogP contribution in [0.2, 0.25) is 0 Å². The van der Waals surface area contributed by atoms with Crippen LogP contribution in [0.15, 0.2) is 24.3 Å². The molecular formula is C12H14N2O. The van der Waals surface area contributed by atoms with Crippen molar-refractivity contribution in [2.24, 2.45) is 0 Å². The number of aromatic nitrogens is 2. The molecule has 0 saturated heterocycles. The van der Waals surface area contributed by atoms with E-state index in [1.54, 1.807) is 0 Å². The smallest absolute Gasteiger partial charge is 0.240 e. The molecule has 1 heterocycles. The fourth-order valence-corrected chi connectivity index (χ4v) is 2.19. The van der Waals surface area contributed by atoms with Crippen molar-refractivity contribution in [3.8, 4) is 5.88 Å². The van der Waals surface area contributed by atoms with E-state index in [4.69, 9.17) is 4.74 Å². The van der Waals surface area contributed by atoms with Crippen molar-refractivity contribution in [1.29, 1.82) is 0 Å². The maximum absolute atomic E-state index is 5.89. The second-order valence-corrected chi connectivity index (χ2v) is 4.10. The Balaban J connectivity index is 1.90. The first-order valence-electron chi connectivity index (χ1n) is 5.53. The molecule has 0 atom stereocenters. The third kappa shape index (κ3) is 1.58. The second kappa shape index (κ2) is 3.57. The monoisotopic (exact) mass is 202 g/mol. The Kier molecular flexibility index (Phi) is 2.09. The molecule has 1 fully saturated rings. The minimum Gasteiger partial charge on any atom is -0.473 e. The molecule has 1 saturated carbocycles. The van der Waals surface area contributed by atoms with Crippen molar-refractivity contribution in [3.63, 3.8) is 0 Å². The van der Waals surface area contributed by atoms with Crippen molar-refractivity contribution in [2.75, 3.05) is 0 Å². The Morgan fingerprint density at radius 1 is 1.20 bits per heavy atom. The Hall–Kier alpha value is -1.51. The lowest BCUT2D eigenvalue weighted by Crippen LogP contribution is -2.11. The van der Waals surface area contributed by atoms with Gasteiger partial charge in [0.05, 0.1) is 10.9 Å². The average molecular weight is 202 g/mol. The molecule has 0 spiro atoms. The molecule has 0 bridgehead atoms. The van der Waals surface area contributed by atoms with Gasteiger partial charge in [-0.15, -0.1) is 5.10 Å². The molecule has 0 radical (unpaired) electrons. The van der Waals surface area contributed by atoms with E-state index in [0.29, 0.717) is 6.10 Å². The van der Waals surface area contributed by atoms with Gasteiger partial charge < -0.3 is 4.74 Å². The quantitative estimate of drug-likeness (QED) is 0.813. The van der Waals surface area contributed by atoms with Crippen molar-refractivity contribution in [3.05, 3.63) is 24.3 Å². The molecule has 3 heteroatoms. The molecule has 1 aromatic carbocycles. The summed E-state index contributed by atoms with van der Waals surface area (Å²) in [5.41, 5.74) is 1.05. The zero-order chi connectivity index (χ0) is 10.1. The number of H-pyrrole nitrogens is 1. The summed E-state index contributed by atoms with van der Waals surface area (Å²) in [6.07, 6.45) is 5.28. The Morgan fingerprint density at radius 3 is 2.87 bits per heavy atom. The lowest BCUT2D eigenvalue weighted by molar-refractivity contribution is 0.203. The summed E-state index contributed by atoms with van der Waals surface area (Å²) in [6, 6.07) is 8.08.